The summed E-state index contributed by atoms with van der Waals surface area (Å²) in [5, 5.41) is 3.40. The van der Waals surface area contributed by atoms with E-state index in [1.165, 1.54) is 20.2 Å². The molecule has 0 aliphatic carbocycles. The Balaban J connectivity index is 2.96. The van der Waals surface area contributed by atoms with E-state index in [0.717, 1.165) is 17.2 Å². The van der Waals surface area contributed by atoms with Gasteiger partial charge in [-0.25, -0.2) is 18.6 Å². The molecule has 0 radical (unpaired) electrons. The number of hydrogen-bond acceptors (Lipinski definition) is 4. The number of hydrogen-bond donors (Lipinski definition) is 1. The van der Waals surface area contributed by atoms with Gasteiger partial charge in [0.25, 0.3) is 5.91 Å². The van der Waals surface area contributed by atoms with E-state index >= 15 is 0 Å². The number of likely N-dealkylation sites (N-methyl/N-ethyl adjacent to an activating group) is 1. The lowest BCUT2D eigenvalue weighted by Crippen LogP contribution is -2.40. The molecule has 1 rings (SSSR count). The fraction of sp³-hybridized carbons (Fsp3) is 0.500. The molecule has 0 saturated heterocycles. The second kappa shape index (κ2) is 8.05. The van der Waals surface area contributed by atoms with Crippen molar-refractivity contribution in [1.82, 2.24) is 10.4 Å². The topological polar surface area (TPSA) is 67.9 Å². The van der Waals surface area contributed by atoms with Crippen molar-refractivity contribution in [2.45, 2.75) is 32.3 Å². The molecule has 1 aromatic carbocycles. The average Bonchev–Trinajstić information content (AvgIpc) is 2.48. The molecular formula is C16H22F2N2O4. The highest BCUT2D eigenvalue weighted by molar-refractivity contribution is 5.83. The van der Waals surface area contributed by atoms with E-state index in [-0.39, 0.29) is 12.1 Å². The average molecular weight is 344 g/mol. The lowest BCUT2D eigenvalue weighted by Gasteiger charge is -2.24. The van der Waals surface area contributed by atoms with Crippen molar-refractivity contribution in [3.63, 3.8) is 0 Å². The van der Waals surface area contributed by atoms with Gasteiger partial charge in [0, 0.05) is 13.6 Å². The number of benzene rings is 1. The molecule has 1 unspecified atom stereocenters. The number of ether oxygens (including phenoxy) is 1. The molecule has 0 aliphatic heterocycles. The second-order valence-electron chi connectivity index (χ2n) is 6.13. The first kappa shape index (κ1) is 19.8. The number of carbonyl (C=O) groups is 2. The van der Waals surface area contributed by atoms with Gasteiger partial charge < -0.3 is 10.1 Å². The lowest BCUT2D eigenvalue weighted by molar-refractivity contribution is -0.170. The van der Waals surface area contributed by atoms with Crippen molar-refractivity contribution in [2.24, 2.45) is 0 Å². The van der Waals surface area contributed by atoms with Crippen molar-refractivity contribution >= 4 is 12.0 Å². The number of carbonyl (C=O) groups excluding carboxylic acids is 2. The lowest BCUT2D eigenvalue weighted by atomic mass is 9.97. The molecule has 24 heavy (non-hydrogen) atoms. The zero-order valence-electron chi connectivity index (χ0n) is 14.4. The third kappa shape index (κ3) is 5.77. The van der Waals surface area contributed by atoms with E-state index in [4.69, 9.17) is 9.57 Å². The van der Waals surface area contributed by atoms with E-state index in [2.05, 4.69) is 5.32 Å². The molecule has 0 saturated carbocycles. The predicted octanol–water partition coefficient (Wildman–Crippen LogP) is 2.59. The first-order chi connectivity index (χ1) is 11.0. The summed E-state index contributed by atoms with van der Waals surface area (Å²) >= 11 is 0. The molecule has 1 N–H and O–H groups in total. The highest BCUT2D eigenvalue weighted by Gasteiger charge is 2.27. The van der Waals surface area contributed by atoms with Crippen LogP contribution < -0.4 is 5.32 Å². The summed E-state index contributed by atoms with van der Waals surface area (Å²) < 4.78 is 31.7. The minimum absolute atomic E-state index is 0.160. The first-order valence-corrected chi connectivity index (χ1v) is 7.28. The molecule has 134 valence electrons. The van der Waals surface area contributed by atoms with Gasteiger partial charge in [0.1, 0.15) is 5.60 Å². The minimum atomic E-state index is -1.08. The number of rotatable bonds is 5. The molecule has 8 heteroatoms. The summed E-state index contributed by atoms with van der Waals surface area (Å²) in [4.78, 5) is 28.9. The predicted molar refractivity (Wildman–Crippen MR) is 83.1 cm³/mol. The van der Waals surface area contributed by atoms with Crippen molar-refractivity contribution in [3.05, 3.63) is 35.4 Å². The summed E-state index contributed by atoms with van der Waals surface area (Å²) in [7, 11) is 2.67. The Morgan fingerprint density at radius 1 is 1.25 bits per heavy atom. The van der Waals surface area contributed by atoms with E-state index in [1.54, 1.807) is 20.8 Å². The third-order valence-corrected chi connectivity index (χ3v) is 3.08. The first-order valence-electron chi connectivity index (χ1n) is 7.28. The van der Waals surface area contributed by atoms with Crippen LogP contribution in [0.2, 0.25) is 0 Å². The zero-order chi connectivity index (χ0) is 18.5. The number of hydroxylamine groups is 2. The molecule has 1 atom stereocenters. The smallest absolute Gasteiger partial charge is 0.407 e. The molecule has 0 aromatic heterocycles. The van der Waals surface area contributed by atoms with Crippen LogP contribution in [-0.2, 0) is 14.4 Å². The summed E-state index contributed by atoms with van der Waals surface area (Å²) in [6, 6.07) is 3.12. The highest BCUT2D eigenvalue weighted by atomic mass is 19.2. The van der Waals surface area contributed by atoms with E-state index in [9.17, 15) is 18.4 Å². The van der Waals surface area contributed by atoms with Gasteiger partial charge in [-0.1, -0.05) is 6.07 Å². The highest BCUT2D eigenvalue weighted by Crippen LogP contribution is 2.20. The van der Waals surface area contributed by atoms with Gasteiger partial charge in [-0.05, 0) is 38.5 Å². The molecule has 0 aliphatic rings. The maximum atomic E-state index is 13.5. The monoisotopic (exact) mass is 344 g/mol. The van der Waals surface area contributed by atoms with Gasteiger partial charge in [-0.15, -0.1) is 0 Å². The normalized spacial score (nSPS) is 12.5. The van der Waals surface area contributed by atoms with Gasteiger partial charge in [0.15, 0.2) is 11.6 Å². The molecule has 0 spiro atoms. The number of halogens is 2. The Kier molecular flexibility index (Phi) is 6.65. The second-order valence-corrected chi connectivity index (χ2v) is 6.13. The zero-order valence-corrected chi connectivity index (χ0v) is 14.4. The van der Waals surface area contributed by atoms with Crippen LogP contribution >= 0.6 is 0 Å². The van der Waals surface area contributed by atoms with Crippen LogP contribution in [0.5, 0.6) is 0 Å². The summed E-state index contributed by atoms with van der Waals surface area (Å²) in [6.07, 6.45) is -0.719. The van der Waals surface area contributed by atoms with Crippen LogP contribution in [0.4, 0.5) is 13.6 Å². The van der Waals surface area contributed by atoms with Crippen LogP contribution in [0.3, 0.4) is 0 Å². The summed E-state index contributed by atoms with van der Waals surface area (Å²) in [6.45, 7) is 4.93. The molecular weight excluding hydrogens is 322 g/mol. The van der Waals surface area contributed by atoms with Gasteiger partial charge >= 0.3 is 6.09 Å². The Bertz CT molecular complexity index is 602. The van der Waals surface area contributed by atoms with E-state index in [1.807, 2.05) is 0 Å². The third-order valence-electron chi connectivity index (χ3n) is 3.08. The molecule has 2 amide bonds. The standard InChI is InChI=1S/C16H22F2N2O4/c1-16(2,3)24-15(22)19-9-11(14(21)20(4)23-5)10-6-7-12(17)13(18)8-10/h6-8,11H,9H2,1-5H3,(H,19,22). The van der Waals surface area contributed by atoms with Crippen LogP contribution in [0.15, 0.2) is 18.2 Å². The number of nitrogens with zero attached hydrogens (tertiary/aromatic N) is 1. The number of amides is 2. The van der Waals surface area contributed by atoms with Crippen LogP contribution in [-0.4, -0.2) is 43.4 Å². The molecule has 0 bridgehead atoms. The van der Waals surface area contributed by atoms with Crippen molar-refractivity contribution in [1.29, 1.82) is 0 Å². The minimum Gasteiger partial charge on any atom is -0.444 e. The number of alkyl carbamates (subject to hydrolysis) is 1. The fourth-order valence-corrected chi connectivity index (χ4v) is 1.89. The molecule has 0 fully saturated rings. The van der Waals surface area contributed by atoms with E-state index in [0.29, 0.717) is 0 Å². The summed E-state index contributed by atoms with van der Waals surface area (Å²) in [5.41, 5.74) is -0.492. The quantitative estimate of drug-likeness (QED) is 0.834. The van der Waals surface area contributed by atoms with Crippen molar-refractivity contribution in [3.8, 4) is 0 Å². The summed E-state index contributed by atoms with van der Waals surface area (Å²) in [5.74, 6) is -3.59. The Morgan fingerprint density at radius 2 is 1.88 bits per heavy atom. The SMILES string of the molecule is CON(C)C(=O)C(CNC(=O)OC(C)(C)C)c1ccc(F)c(F)c1. The van der Waals surface area contributed by atoms with Crippen molar-refractivity contribution < 1.29 is 27.9 Å². The van der Waals surface area contributed by atoms with Crippen LogP contribution in [0.1, 0.15) is 32.3 Å². The Morgan fingerprint density at radius 3 is 2.38 bits per heavy atom. The van der Waals surface area contributed by atoms with Gasteiger partial charge in [-0.2, -0.15) is 0 Å². The van der Waals surface area contributed by atoms with Gasteiger partial charge in [-0.3, -0.25) is 9.63 Å². The maximum Gasteiger partial charge on any atom is 0.407 e. The van der Waals surface area contributed by atoms with Gasteiger partial charge in [0.05, 0.1) is 13.0 Å². The Labute approximate surface area is 139 Å². The molecule has 6 nitrogen and oxygen atoms in total. The molecule has 1 aromatic rings. The van der Waals surface area contributed by atoms with Crippen molar-refractivity contribution in [2.75, 3.05) is 20.7 Å². The maximum absolute atomic E-state index is 13.5. The van der Waals surface area contributed by atoms with Crippen LogP contribution in [0, 0.1) is 11.6 Å². The fourth-order valence-electron chi connectivity index (χ4n) is 1.89. The Hall–Kier alpha value is -2.22. The largest absolute Gasteiger partial charge is 0.444 e. The van der Waals surface area contributed by atoms with Crippen LogP contribution in [0.25, 0.3) is 0 Å². The van der Waals surface area contributed by atoms with Gasteiger partial charge in [0.2, 0.25) is 0 Å². The van der Waals surface area contributed by atoms with E-state index < -0.39 is 35.2 Å². The number of nitrogens with one attached hydrogen (secondary N) is 1. The molecule has 0 heterocycles.